The quantitative estimate of drug-likeness (QED) is 0.652. The summed E-state index contributed by atoms with van der Waals surface area (Å²) in [7, 11) is 6.66. The summed E-state index contributed by atoms with van der Waals surface area (Å²) in [5.74, 6) is 1.50. The average Bonchev–Trinajstić information content (AvgIpc) is 2.77. The lowest BCUT2D eigenvalue weighted by atomic mass is 9.96. The van der Waals surface area contributed by atoms with Gasteiger partial charge >= 0.3 is 0 Å². The van der Waals surface area contributed by atoms with Crippen molar-refractivity contribution in [1.29, 1.82) is 0 Å². The van der Waals surface area contributed by atoms with E-state index in [-0.39, 0.29) is 17.4 Å². The molecule has 3 heterocycles. The van der Waals surface area contributed by atoms with E-state index in [9.17, 15) is 9.59 Å². The van der Waals surface area contributed by atoms with E-state index < -0.39 is 0 Å². The molecule has 1 aliphatic rings. The minimum Gasteiger partial charge on any atom is -0.496 e. The van der Waals surface area contributed by atoms with Gasteiger partial charge in [-0.05, 0) is 29.1 Å². The second-order valence-electron chi connectivity index (χ2n) is 7.74. The Morgan fingerprint density at radius 2 is 1.87 bits per heavy atom. The number of aromatic nitrogens is 2. The van der Waals surface area contributed by atoms with Crippen molar-refractivity contribution in [3.05, 3.63) is 52.7 Å². The number of pyridine rings is 2. The zero-order chi connectivity index (χ0) is 22.1. The normalized spacial score (nSPS) is 14.3. The van der Waals surface area contributed by atoms with Gasteiger partial charge < -0.3 is 19.4 Å². The molecule has 0 spiro atoms. The van der Waals surface area contributed by atoms with Crippen LogP contribution in [0.2, 0.25) is 0 Å². The molecule has 1 aromatic carbocycles. The number of hydrogen-bond acceptors (Lipinski definition) is 6. The lowest BCUT2D eigenvalue weighted by Crippen LogP contribution is -2.52. The van der Waals surface area contributed by atoms with Gasteiger partial charge in [0.2, 0.25) is 5.91 Å². The SMILES string of the molecule is CNC(=O)C1CN(Cc2c(OC)cc(-c3cn(C)c(=O)c4cnccc34)cc2OC)C1. The van der Waals surface area contributed by atoms with Crippen LogP contribution in [0, 0.1) is 5.92 Å². The molecule has 1 aliphatic heterocycles. The third-order valence-corrected chi connectivity index (χ3v) is 5.86. The maximum absolute atomic E-state index is 12.5. The molecule has 1 saturated heterocycles. The Morgan fingerprint density at radius 1 is 1.19 bits per heavy atom. The van der Waals surface area contributed by atoms with E-state index in [4.69, 9.17) is 9.47 Å². The molecule has 1 N–H and O–H groups in total. The summed E-state index contributed by atoms with van der Waals surface area (Å²) in [6.45, 7) is 2.02. The van der Waals surface area contributed by atoms with Gasteiger partial charge in [-0.2, -0.15) is 0 Å². The number of amides is 1. The van der Waals surface area contributed by atoms with Gasteiger partial charge in [-0.3, -0.25) is 19.5 Å². The fourth-order valence-corrected chi connectivity index (χ4v) is 4.13. The van der Waals surface area contributed by atoms with Gasteiger partial charge in [-0.25, -0.2) is 0 Å². The van der Waals surface area contributed by atoms with Crippen LogP contribution in [0.5, 0.6) is 11.5 Å². The topological polar surface area (TPSA) is 85.7 Å². The first-order valence-electron chi connectivity index (χ1n) is 10.1. The lowest BCUT2D eigenvalue weighted by Gasteiger charge is -2.38. The fourth-order valence-electron chi connectivity index (χ4n) is 4.13. The van der Waals surface area contributed by atoms with Gasteiger partial charge in [0.05, 0.1) is 31.1 Å². The van der Waals surface area contributed by atoms with Crippen molar-refractivity contribution >= 4 is 16.7 Å². The van der Waals surface area contributed by atoms with Crippen LogP contribution in [0.3, 0.4) is 0 Å². The monoisotopic (exact) mass is 422 g/mol. The van der Waals surface area contributed by atoms with Crippen molar-refractivity contribution in [1.82, 2.24) is 19.8 Å². The second-order valence-corrected chi connectivity index (χ2v) is 7.74. The van der Waals surface area contributed by atoms with Crippen molar-refractivity contribution < 1.29 is 14.3 Å². The number of carbonyl (C=O) groups is 1. The number of nitrogens with one attached hydrogen (secondary N) is 1. The summed E-state index contributed by atoms with van der Waals surface area (Å²) in [6, 6.07) is 5.78. The number of nitrogens with zero attached hydrogens (tertiary/aromatic N) is 3. The van der Waals surface area contributed by atoms with Crippen LogP contribution in [0.1, 0.15) is 5.56 Å². The van der Waals surface area contributed by atoms with Crippen molar-refractivity contribution in [3.8, 4) is 22.6 Å². The Bertz CT molecular complexity index is 1170. The minimum atomic E-state index is -0.0918. The molecule has 0 atom stereocenters. The molecular formula is C23H26N4O4. The molecule has 0 radical (unpaired) electrons. The van der Waals surface area contributed by atoms with E-state index in [1.54, 1.807) is 45.3 Å². The summed E-state index contributed by atoms with van der Waals surface area (Å²) in [5.41, 5.74) is 2.62. The first-order chi connectivity index (χ1) is 15.0. The Hall–Kier alpha value is -3.39. The number of methoxy groups -OCH3 is 2. The maximum atomic E-state index is 12.5. The molecule has 1 amide bonds. The summed E-state index contributed by atoms with van der Waals surface area (Å²) < 4.78 is 13.0. The largest absolute Gasteiger partial charge is 0.496 e. The number of fused-ring (bicyclic) bond motifs is 1. The number of hydrogen-bond donors (Lipinski definition) is 1. The smallest absolute Gasteiger partial charge is 0.259 e. The molecule has 1 fully saturated rings. The highest BCUT2D eigenvalue weighted by atomic mass is 16.5. The van der Waals surface area contributed by atoms with Gasteiger partial charge in [0.15, 0.2) is 0 Å². The summed E-state index contributed by atoms with van der Waals surface area (Å²) >= 11 is 0. The molecule has 0 saturated carbocycles. The molecule has 31 heavy (non-hydrogen) atoms. The Balaban J connectivity index is 1.74. The average molecular weight is 422 g/mol. The summed E-state index contributed by atoms with van der Waals surface area (Å²) in [4.78, 5) is 30.6. The van der Waals surface area contributed by atoms with E-state index >= 15 is 0 Å². The highest BCUT2D eigenvalue weighted by Gasteiger charge is 2.33. The summed E-state index contributed by atoms with van der Waals surface area (Å²) in [5, 5.41) is 4.09. The Morgan fingerprint density at radius 3 is 2.48 bits per heavy atom. The Labute approximate surface area is 180 Å². The van der Waals surface area contributed by atoms with Crippen LogP contribution < -0.4 is 20.3 Å². The van der Waals surface area contributed by atoms with E-state index in [2.05, 4.69) is 15.2 Å². The first kappa shape index (κ1) is 20.9. The molecule has 0 aliphatic carbocycles. The molecular weight excluding hydrogens is 396 g/mol. The lowest BCUT2D eigenvalue weighted by molar-refractivity contribution is -0.129. The van der Waals surface area contributed by atoms with Crippen LogP contribution >= 0.6 is 0 Å². The van der Waals surface area contributed by atoms with E-state index in [1.165, 1.54) is 0 Å². The van der Waals surface area contributed by atoms with Gasteiger partial charge in [-0.1, -0.05) is 0 Å². The van der Waals surface area contributed by atoms with Crippen LogP contribution in [-0.4, -0.2) is 54.7 Å². The molecule has 8 heteroatoms. The third-order valence-electron chi connectivity index (χ3n) is 5.86. The van der Waals surface area contributed by atoms with Crippen LogP contribution in [0.15, 0.2) is 41.6 Å². The third kappa shape index (κ3) is 3.74. The molecule has 2 aromatic heterocycles. The zero-order valence-corrected chi connectivity index (χ0v) is 18.1. The number of carbonyl (C=O) groups excluding carboxylic acids is 1. The molecule has 4 rings (SSSR count). The fraction of sp³-hybridized carbons (Fsp3) is 0.348. The number of likely N-dealkylation sites (tertiary alicyclic amines) is 1. The second kappa shape index (κ2) is 8.39. The molecule has 3 aromatic rings. The first-order valence-corrected chi connectivity index (χ1v) is 10.1. The number of aryl methyl sites for hydroxylation is 1. The molecule has 8 nitrogen and oxygen atoms in total. The van der Waals surface area contributed by atoms with Gasteiger partial charge in [-0.15, -0.1) is 0 Å². The summed E-state index contributed by atoms with van der Waals surface area (Å²) in [6.07, 6.45) is 5.10. The van der Waals surface area contributed by atoms with Gasteiger partial charge in [0, 0.05) is 57.9 Å². The highest BCUT2D eigenvalue weighted by molar-refractivity contribution is 5.95. The number of rotatable bonds is 6. The predicted octanol–water partition coefficient (Wildman–Crippen LogP) is 1.80. The Kier molecular flexibility index (Phi) is 5.65. The van der Waals surface area contributed by atoms with E-state index in [0.717, 1.165) is 22.1 Å². The van der Waals surface area contributed by atoms with Crippen LogP contribution in [-0.2, 0) is 18.4 Å². The molecule has 162 valence electrons. The minimum absolute atomic E-state index is 0.0202. The van der Waals surface area contributed by atoms with Crippen molar-refractivity contribution in [2.24, 2.45) is 13.0 Å². The predicted molar refractivity (Wildman–Crippen MR) is 118 cm³/mol. The molecule has 0 bridgehead atoms. The van der Waals surface area contributed by atoms with Gasteiger partial charge in [0.1, 0.15) is 11.5 Å². The number of ether oxygens (including phenoxy) is 2. The van der Waals surface area contributed by atoms with Crippen LogP contribution in [0.4, 0.5) is 0 Å². The highest BCUT2D eigenvalue weighted by Crippen LogP contribution is 2.38. The molecule has 0 unspecified atom stereocenters. The van der Waals surface area contributed by atoms with Crippen LogP contribution in [0.25, 0.3) is 21.9 Å². The standard InChI is InChI=1S/C23H26N4O4/c1-24-22(28)15-10-27(11-15)13-19-20(30-3)7-14(8-21(19)31-4)18-12-26(2)23(29)17-9-25-6-5-16(17)18/h5-9,12,15H,10-11,13H2,1-4H3,(H,24,28). The van der Waals surface area contributed by atoms with Crippen molar-refractivity contribution in [3.63, 3.8) is 0 Å². The maximum Gasteiger partial charge on any atom is 0.259 e. The zero-order valence-electron chi connectivity index (χ0n) is 18.1. The van der Waals surface area contributed by atoms with E-state index in [0.29, 0.717) is 36.5 Å². The van der Waals surface area contributed by atoms with Crippen molar-refractivity contribution in [2.75, 3.05) is 34.4 Å². The number of benzene rings is 1. The van der Waals surface area contributed by atoms with Crippen molar-refractivity contribution in [2.45, 2.75) is 6.54 Å². The van der Waals surface area contributed by atoms with E-state index in [1.807, 2.05) is 24.4 Å². The van der Waals surface area contributed by atoms with Gasteiger partial charge in [0.25, 0.3) is 5.56 Å².